The Morgan fingerprint density at radius 2 is 1.72 bits per heavy atom. The Labute approximate surface area is 169 Å². The highest BCUT2D eigenvalue weighted by atomic mass is 32.2. The molecule has 3 rings (SSSR count). The first-order valence-corrected chi connectivity index (χ1v) is 10.4. The van der Waals surface area contributed by atoms with E-state index in [0.717, 1.165) is 0 Å². The second-order valence-electron chi connectivity index (χ2n) is 6.55. The van der Waals surface area contributed by atoms with Gasteiger partial charge in [0.2, 0.25) is 15.9 Å². The maximum Gasteiger partial charge on any atom is 0.255 e. The molecule has 0 atom stereocenters. The Balaban J connectivity index is 1.79. The van der Waals surface area contributed by atoms with Gasteiger partial charge in [0.05, 0.1) is 16.1 Å². The van der Waals surface area contributed by atoms with Crippen molar-refractivity contribution in [2.75, 3.05) is 31.5 Å². The van der Waals surface area contributed by atoms with Gasteiger partial charge in [0, 0.05) is 38.7 Å². The molecule has 0 saturated carbocycles. The molecule has 0 radical (unpaired) electrons. The van der Waals surface area contributed by atoms with E-state index in [1.807, 2.05) is 6.07 Å². The largest absolute Gasteiger partial charge is 0.340 e. The molecule has 1 heterocycles. The van der Waals surface area contributed by atoms with Crippen molar-refractivity contribution < 1.29 is 18.0 Å². The van der Waals surface area contributed by atoms with Crippen molar-refractivity contribution in [1.82, 2.24) is 9.21 Å². The van der Waals surface area contributed by atoms with E-state index in [9.17, 15) is 18.0 Å². The molecule has 29 heavy (non-hydrogen) atoms. The van der Waals surface area contributed by atoms with Gasteiger partial charge in [-0.1, -0.05) is 18.2 Å². The number of amides is 2. The van der Waals surface area contributed by atoms with Crippen LogP contribution < -0.4 is 5.32 Å². The molecule has 1 aliphatic heterocycles. The number of benzene rings is 2. The number of para-hydroxylation sites is 1. The smallest absolute Gasteiger partial charge is 0.255 e. The molecule has 0 aromatic heterocycles. The average Bonchev–Trinajstić information content (AvgIpc) is 2.74. The van der Waals surface area contributed by atoms with E-state index in [4.69, 9.17) is 5.26 Å². The predicted octanol–water partition coefficient (Wildman–Crippen LogP) is 1.66. The molecule has 2 aromatic rings. The van der Waals surface area contributed by atoms with Crippen molar-refractivity contribution in [2.24, 2.45) is 0 Å². The van der Waals surface area contributed by atoms with Crippen LogP contribution in [-0.4, -0.2) is 55.6 Å². The second kappa shape index (κ2) is 8.43. The van der Waals surface area contributed by atoms with Crippen molar-refractivity contribution in [3.8, 4) is 6.07 Å². The number of nitriles is 1. The maximum atomic E-state index is 12.9. The summed E-state index contributed by atoms with van der Waals surface area (Å²) in [6.07, 6.45) is 0. The zero-order valence-corrected chi connectivity index (χ0v) is 16.6. The van der Waals surface area contributed by atoms with E-state index in [-0.39, 0.29) is 29.5 Å². The van der Waals surface area contributed by atoms with Crippen molar-refractivity contribution in [1.29, 1.82) is 5.26 Å². The normalized spacial score (nSPS) is 14.8. The monoisotopic (exact) mass is 412 g/mol. The Hall–Kier alpha value is -3.22. The van der Waals surface area contributed by atoms with Crippen LogP contribution in [0.3, 0.4) is 0 Å². The minimum atomic E-state index is -3.79. The standard InChI is InChI=1S/C20H20N4O4S/c1-15(25)23-9-11-24(12-10-23)29(27,28)18-7-4-6-16(13-18)20(26)22-19-8-3-2-5-17(19)14-21/h2-8,13H,9-12H2,1H3,(H,22,26). The third kappa shape index (κ3) is 4.45. The van der Waals surface area contributed by atoms with Crippen LogP contribution in [0.25, 0.3) is 0 Å². The SMILES string of the molecule is CC(=O)N1CCN(S(=O)(=O)c2cccc(C(=O)Nc3ccccc3C#N)c2)CC1. The molecule has 150 valence electrons. The predicted molar refractivity (Wildman–Crippen MR) is 107 cm³/mol. The number of carbonyl (C=O) groups excluding carboxylic acids is 2. The molecular weight excluding hydrogens is 392 g/mol. The first-order valence-electron chi connectivity index (χ1n) is 8.99. The molecule has 1 N–H and O–H groups in total. The number of piperazine rings is 1. The van der Waals surface area contributed by atoms with Gasteiger partial charge in [0.25, 0.3) is 5.91 Å². The van der Waals surface area contributed by atoms with Crippen LogP contribution in [-0.2, 0) is 14.8 Å². The van der Waals surface area contributed by atoms with Gasteiger partial charge >= 0.3 is 0 Å². The van der Waals surface area contributed by atoms with Crippen LogP contribution in [0.2, 0.25) is 0 Å². The van der Waals surface area contributed by atoms with Gasteiger partial charge in [-0.3, -0.25) is 9.59 Å². The number of anilines is 1. The fourth-order valence-electron chi connectivity index (χ4n) is 3.07. The molecule has 1 saturated heterocycles. The third-order valence-electron chi connectivity index (χ3n) is 4.71. The summed E-state index contributed by atoms with van der Waals surface area (Å²) in [6.45, 7) is 2.53. The number of rotatable bonds is 4. The van der Waals surface area contributed by atoms with Crippen LogP contribution in [0.5, 0.6) is 0 Å². The Morgan fingerprint density at radius 3 is 2.38 bits per heavy atom. The summed E-state index contributed by atoms with van der Waals surface area (Å²) in [4.78, 5) is 25.6. The molecule has 0 unspecified atom stereocenters. The molecule has 1 fully saturated rings. The van der Waals surface area contributed by atoms with E-state index in [1.54, 1.807) is 29.2 Å². The van der Waals surface area contributed by atoms with Gasteiger partial charge < -0.3 is 10.2 Å². The number of sulfonamides is 1. The van der Waals surface area contributed by atoms with E-state index in [2.05, 4.69) is 5.32 Å². The highest BCUT2D eigenvalue weighted by Crippen LogP contribution is 2.20. The number of carbonyl (C=O) groups is 2. The van der Waals surface area contributed by atoms with Crippen LogP contribution in [0, 0.1) is 11.3 Å². The zero-order chi connectivity index (χ0) is 21.0. The summed E-state index contributed by atoms with van der Waals surface area (Å²) >= 11 is 0. The highest BCUT2D eigenvalue weighted by Gasteiger charge is 2.29. The molecule has 2 aromatic carbocycles. The summed E-state index contributed by atoms with van der Waals surface area (Å²) in [5, 5.41) is 11.8. The first-order chi connectivity index (χ1) is 13.8. The molecule has 0 spiro atoms. The van der Waals surface area contributed by atoms with Crippen molar-refractivity contribution in [3.05, 3.63) is 59.7 Å². The number of nitrogens with zero attached hydrogens (tertiary/aromatic N) is 3. The van der Waals surface area contributed by atoms with Crippen molar-refractivity contribution in [3.63, 3.8) is 0 Å². The van der Waals surface area contributed by atoms with E-state index in [0.29, 0.717) is 24.3 Å². The number of hydrogen-bond donors (Lipinski definition) is 1. The average molecular weight is 412 g/mol. The fraction of sp³-hybridized carbons (Fsp3) is 0.250. The van der Waals surface area contributed by atoms with Crippen molar-refractivity contribution in [2.45, 2.75) is 11.8 Å². The number of hydrogen-bond acceptors (Lipinski definition) is 5. The topological polar surface area (TPSA) is 111 Å². The van der Waals surface area contributed by atoms with Crippen LogP contribution in [0.15, 0.2) is 53.4 Å². The summed E-state index contributed by atoms with van der Waals surface area (Å²) in [5.41, 5.74) is 0.836. The molecule has 8 nitrogen and oxygen atoms in total. The summed E-state index contributed by atoms with van der Waals surface area (Å²) < 4.78 is 27.2. The summed E-state index contributed by atoms with van der Waals surface area (Å²) in [7, 11) is -3.79. The fourth-order valence-corrected chi connectivity index (χ4v) is 4.54. The summed E-state index contributed by atoms with van der Waals surface area (Å²) in [5.74, 6) is -0.593. The van der Waals surface area contributed by atoms with E-state index in [1.165, 1.54) is 35.5 Å². The number of nitrogens with one attached hydrogen (secondary N) is 1. The lowest BCUT2D eigenvalue weighted by atomic mass is 10.1. The van der Waals surface area contributed by atoms with Crippen molar-refractivity contribution >= 4 is 27.5 Å². The van der Waals surface area contributed by atoms with Gasteiger partial charge in [0.15, 0.2) is 0 Å². The molecule has 9 heteroatoms. The first kappa shape index (κ1) is 20.5. The van der Waals surface area contributed by atoms with E-state index < -0.39 is 15.9 Å². The summed E-state index contributed by atoms with van der Waals surface area (Å²) in [6, 6.07) is 14.3. The minimum absolute atomic E-state index is 0.00925. The Morgan fingerprint density at radius 1 is 1.03 bits per heavy atom. The second-order valence-corrected chi connectivity index (χ2v) is 8.49. The highest BCUT2D eigenvalue weighted by molar-refractivity contribution is 7.89. The van der Waals surface area contributed by atoms with Crippen LogP contribution in [0.1, 0.15) is 22.8 Å². The lowest BCUT2D eigenvalue weighted by Gasteiger charge is -2.33. The minimum Gasteiger partial charge on any atom is -0.340 e. The Kier molecular flexibility index (Phi) is 5.96. The van der Waals surface area contributed by atoms with Gasteiger partial charge in [-0.05, 0) is 30.3 Å². The molecular formula is C20H20N4O4S. The molecule has 2 amide bonds. The molecule has 1 aliphatic rings. The Bertz CT molecular complexity index is 1080. The maximum absolute atomic E-state index is 12.9. The van der Waals surface area contributed by atoms with Gasteiger partial charge in [-0.2, -0.15) is 9.57 Å². The van der Waals surface area contributed by atoms with E-state index >= 15 is 0 Å². The van der Waals surface area contributed by atoms with Gasteiger partial charge in [-0.15, -0.1) is 0 Å². The molecule has 0 aliphatic carbocycles. The van der Waals surface area contributed by atoms with Crippen LogP contribution in [0.4, 0.5) is 5.69 Å². The lowest BCUT2D eigenvalue weighted by Crippen LogP contribution is -2.49. The third-order valence-corrected chi connectivity index (χ3v) is 6.61. The van der Waals surface area contributed by atoms with Gasteiger partial charge in [-0.25, -0.2) is 8.42 Å². The molecule has 0 bridgehead atoms. The van der Waals surface area contributed by atoms with Crippen LogP contribution >= 0.6 is 0 Å². The zero-order valence-electron chi connectivity index (χ0n) is 15.8. The van der Waals surface area contributed by atoms with Gasteiger partial charge in [0.1, 0.15) is 6.07 Å². The lowest BCUT2D eigenvalue weighted by molar-refractivity contribution is -0.129. The quantitative estimate of drug-likeness (QED) is 0.821.